The summed E-state index contributed by atoms with van der Waals surface area (Å²) in [6.45, 7) is 6.76. The number of carbonyl (C=O) groups is 1. The van der Waals surface area contributed by atoms with Gasteiger partial charge >= 0.3 is 0 Å². The molecule has 1 unspecified atom stereocenters. The highest BCUT2D eigenvalue weighted by atomic mass is 32.1. The second-order valence-corrected chi connectivity index (χ2v) is 11.3. The number of aryl methyl sites for hydroxylation is 1. The maximum atomic E-state index is 13.2. The zero-order chi connectivity index (χ0) is 25.1. The molecule has 1 aliphatic carbocycles. The third kappa shape index (κ3) is 5.98. The molecule has 0 bridgehead atoms. The fourth-order valence-electron chi connectivity index (χ4n) is 4.92. The Balaban J connectivity index is 1.22. The van der Waals surface area contributed by atoms with Crippen LogP contribution in [0.4, 0.5) is 5.69 Å². The Morgan fingerprint density at radius 3 is 2.72 bits per heavy atom. The average Bonchev–Trinajstić information content (AvgIpc) is 3.50. The number of thiophene rings is 1. The molecule has 2 fully saturated rings. The highest BCUT2D eigenvalue weighted by Crippen LogP contribution is 2.30. The second kappa shape index (κ2) is 11.1. The monoisotopic (exact) mass is 504 g/mol. The van der Waals surface area contributed by atoms with E-state index >= 15 is 0 Å². The predicted octanol–water partition coefficient (Wildman–Crippen LogP) is 4.60. The molecule has 2 heterocycles. The van der Waals surface area contributed by atoms with E-state index in [1.165, 1.54) is 9.75 Å². The molecule has 3 atom stereocenters. The normalized spacial score (nSPS) is 20.6. The number of aliphatic hydroxyl groups is 1. The molecular weight excluding hydrogens is 468 g/mol. The first-order chi connectivity index (χ1) is 17.4. The van der Waals surface area contributed by atoms with Crippen LogP contribution in [0.15, 0.2) is 54.6 Å². The molecule has 5 rings (SSSR count). The van der Waals surface area contributed by atoms with E-state index in [2.05, 4.69) is 57.7 Å². The molecule has 1 saturated carbocycles. The Kier molecular flexibility index (Phi) is 7.72. The summed E-state index contributed by atoms with van der Waals surface area (Å²) in [5.74, 6) is -0.0534. The summed E-state index contributed by atoms with van der Waals surface area (Å²) in [6.07, 6.45) is 2.64. The first-order valence-corrected chi connectivity index (χ1v) is 13.8. The quantitative estimate of drug-likeness (QED) is 0.294. The van der Waals surface area contributed by atoms with Crippen molar-refractivity contribution < 1.29 is 9.90 Å². The van der Waals surface area contributed by atoms with E-state index in [4.69, 9.17) is 0 Å². The lowest BCUT2D eigenvalue weighted by Gasteiger charge is -2.29. The summed E-state index contributed by atoms with van der Waals surface area (Å²) in [4.78, 5) is 15.7. The van der Waals surface area contributed by atoms with E-state index in [-0.39, 0.29) is 18.1 Å². The van der Waals surface area contributed by atoms with Gasteiger partial charge < -0.3 is 26.4 Å². The fraction of sp³-hybridized carbons (Fsp3) is 0.414. The molecule has 1 aliphatic heterocycles. The number of nitrogens with one attached hydrogen (secondary N) is 4. The third-order valence-electron chi connectivity index (χ3n) is 7.28. The average molecular weight is 505 g/mol. The second-order valence-electron chi connectivity index (χ2n) is 10.2. The number of benzene rings is 2. The van der Waals surface area contributed by atoms with E-state index in [9.17, 15) is 9.90 Å². The Morgan fingerprint density at radius 1 is 1.11 bits per heavy atom. The van der Waals surface area contributed by atoms with Gasteiger partial charge in [-0.1, -0.05) is 24.3 Å². The molecule has 3 aromatic rings. The van der Waals surface area contributed by atoms with Gasteiger partial charge in [-0.25, -0.2) is 0 Å². The zero-order valence-corrected chi connectivity index (χ0v) is 21.8. The molecule has 5 N–H and O–H groups in total. The van der Waals surface area contributed by atoms with Gasteiger partial charge in [0, 0.05) is 46.7 Å². The molecule has 190 valence electrons. The van der Waals surface area contributed by atoms with Crippen LogP contribution in [-0.4, -0.2) is 42.3 Å². The van der Waals surface area contributed by atoms with E-state index in [1.54, 1.807) is 11.3 Å². The van der Waals surface area contributed by atoms with Crippen molar-refractivity contribution in [2.24, 2.45) is 0 Å². The van der Waals surface area contributed by atoms with Crippen molar-refractivity contribution >= 4 is 22.9 Å². The van der Waals surface area contributed by atoms with Gasteiger partial charge in [0.25, 0.3) is 5.91 Å². The van der Waals surface area contributed by atoms with Crippen LogP contribution in [0.1, 0.15) is 58.6 Å². The molecule has 1 amide bonds. The Bertz CT molecular complexity index is 1210. The molecular formula is C29H36N4O2S. The fourth-order valence-corrected chi connectivity index (χ4v) is 5.87. The molecule has 2 aliphatic rings. The number of amides is 1. The highest BCUT2D eigenvalue weighted by molar-refractivity contribution is 7.15. The minimum Gasteiger partial charge on any atom is -0.393 e. The molecule has 6 nitrogen and oxygen atoms in total. The van der Waals surface area contributed by atoms with E-state index in [0.29, 0.717) is 17.6 Å². The van der Waals surface area contributed by atoms with Crippen LogP contribution in [0.2, 0.25) is 0 Å². The van der Waals surface area contributed by atoms with E-state index < -0.39 is 0 Å². The van der Waals surface area contributed by atoms with Gasteiger partial charge in [0.05, 0.1) is 18.2 Å². The maximum Gasteiger partial charge on any atom is 0.252 e. The summed E-state index contributed by atoms with van der Waals surface area (Å²) in [7, 11) is 0. The molecule has 0 spiro atoms. The largest absolute Gasteiger partial charge is 0.393 e. The van der Waals surface area contributed by atoms with Crippen LogP contribution in [0.25, 0.3) is 10.4 Å². The number of carbonyl (C=O) groups excluding carboxylic acids is 1. The van der Waals surface area contributed by atoms with Gasteiger partial charge in [0.2, 0.25) is 0 Å². The Labute approximate surface area is 217 Å². The van der Waals surface area contributed by atoms with Crippen molar-refractivity contribution in [3.8, 4) is 10.4 Å². The van der Waals surface area contributed by atoms with Crippen LogP contribution in [0.5, 0.6) is 0 Å². The van der Waals surface area contributed by atoms with Gasteiger partial charge in [-0.15, -0.1) is 11.3 Å². The summed E-state index contributed by atoms with van der Waals surface area (Å²) in [5, 5.41) is 23.3. The van der Waals surface area contributed by atoms with Crippen LogP contribution < -0.4 is 21.3 Å². The summed E-state index contributed by atoms with van der Waals surface area (Å²) in [6, 6.07) is 19.5. The molecule has 36 heavy (non-hydrogen) atoms. The first kappa shape index (κ1) is 25.0. The Hall–Kier alpha value is -2.71. The zero-order valence-electron chi connectivity index (χ0n) is 21.0. The lowest BCUT2D eigenvalue weighted by Crippen LogP contribution is -2.51. The molecule has 2 aromatic carbocycles. The number of aliphatic hydroxyl groups excluding tert-OH is 1. The SMILES string of the molecule is Cc1ccc(NC2CNC2)cc1C(=O)N[C@H](C)c1cccc(-c2ccc(CN[C@H]3CCC(O)C3)s2)c1. The van der Waals surface area contributed by atoms with Gasteiger partial charge in [0.1, 0.15) is 0 Å². The smallest absolute Gasteiger partial charge is 0.252 e. The molecule has 0 radical (unpaired) electrons. The molecule has 1 aromatic heterocycles. The van der Waals surface area contributed by atoms with E-state index in [1.807, 2.05) is 32.0 Å². The van der Waals surface area contributed by atoms with Crippen molar-refractivity contribution in [3.63, 3.8) is 0 Å². The summed E-state index contributed by atoms with van der Waals surface area (Å²) in [5.41, 5.74) is 4.91. The predicted molar refractivity (Wildman–Crippen MR) is 148 cm³/mol. The van der Waals surface area contributed by atoms with Gasteiger partial charge in [-0.2, -0.15) is 0 Å². The number of rotatable bonds is 9. The van der Waals surface area contributed by atoms with Crippen molar-refractivity contribution in [2.75, 3.05) is 18.4 Å². The maximum absolute atomic E-state index is 13.2. The van der Waals surface area contributed by atoms with Gasteiger partial charge in [-0.05, 0) is 80.1 Å². The first-order valence-electron chi connectivity index (χ1n) is 12.9. The van der Waals surface area contributed by atoms with Crippen molar-refractivity contribution in [1.82, 2.24) is 16.0 Å². The molecule has 1 saturated heterocycles. The summed E-state index contributed by atoms with van der Waals surface area (Å²) < 4.78 is 0. The standard InChI is InChI=1S/C29H36N4O2S/c1-18-6-7-23(33-24-15-30-16-24)14-27(18)29(35)32-19(2)20-4-3-5-21(12-20)28-11-10-26(36-28)17-31-22-8-9-25(34)13-22/h3-7,10-12,14,19,22,24-25,30-31,33-34H,8-9,13,15-17H2,1-2H3,(H,32,35)/t19-,22+,25?/m1/s1. The van der Waals surface area contributed by atoms with Gasteiger partial charge in [-0.3, -0.25) is 4.79 Å². The lowest BCUT2D eigenvalue weighted by atomic mass is 10.0. The highest BCUT2D eigenvalue weighted by Gasteiger charge is 2.22. The van der Waals surface area contributed by atoms with Crippen LogP contribution in [-0.2, 0) is 6.54 Å². The van der Waals surface area contributed by atoms with Crippen molar-refractivity contribution in [3.05, 3.63) is 76.2 Å². The minimum absolute atomic E-state index is 0.0534. The van der Waals surface area contributed by atoms with Crippen molar-refractivity contribution in [2.45, 2.75) is 63.9 Å². The van der Waals surface area contributed by atoms with Crippen molar-refractivity contribution in [1.29, 1.82) is 0 Å². The van der Waals surface area contributed by atoms with Crippen LogP contribution in [0, 0.1) is 6.92 Å². The third-order valence-corrected chi connectivity index (χ3v) is 8.42. The number of hydrogen-bond acceptors (Lipinski definition) is 6. The molecule has 7 heteroatoms. The lowest BCUT2D eigenvalue weighted by molar-refractivity contribution is 0.0939. The van der Waals surface area contributed by atoms with E-state index in [0.717, 1.165) is 61.3 Å². The summed E-state index contributed by atoms with van der Waals surface area (Å²) >= 11 is 1.79. The van der Waals surface area contributed by atoms with Crippen LogP contribution >= 0.6 is 11.3 Å². The van der Waals surface area contributed by atoms with Gasteiger partial charge in [0.15, 0.2) is 0 Å². The minimum atomic E-state index is -0.152. The van der Waals surface area contributed by atoms with Crippen LogP contribution in [0.3, 0.4) is 0 Å². The number of hydrogen-bond donors (Lipinski definition) is 5. The Morgan fingerprint density at radius 2 is 1.97 bits per heavy atom. The topological polar surface area (TPSA) is 85.4 Å². The number of anilines is 1.